The van der Waals surface area contributed by atoms with Gasteiger partial charge in [0.25, 0.3) is 5.91 Å². The average molecular weight is 469 g/mol. The Morgan fingerprint density at radius 1 is 1.07 bits per heavy atom. The molecule has 1 amide bonds. The summed E-state index contributed by atoms with van der Waals surface area (Å²) in [5.74, 6) is -0.112. The standard InChI is InChI=1S/C18H25N5OS.3ClH/c19-12-17-21-16(14-25-17)18(24)20-6-7-22-8-10-23(11-9-22)13-15-4-2-1-3-5-15;;;/h1-5,14H,6-13,19H2,(H,20,24);3*1H. The quantitative estimate of drug-likeness (QED) is 0.653. The summed E-state index contributed by atoms with van der Waals surface area (Å²) in [6.07, 6.45) is 0. The zero-order valence-corrected chi connectivity index (χ0v) is 18.8. The number of piperazine rings is 1. The minimum atomic E-state index is -0.112. The zero-order chi connectivity index (χ0) is 17.5. The van der Waals surface area contributed by atoms with Crippen molar-refractivity contribution in [3.63, 3.8) is 0 Å². The highest BCUT2D eigenvalue weighted by atomic mass is 35.5. The van der Waals surface area contributed by atoms with E-state index in [1.165, 1.54) is 16.9 Å². The van der Waals surface area contributed by atoms with Crippen molar-refractivity contribution in [1.82, 2.24) is 20.1 Å². The number of hydrogen-bond donors (Lipinski definition) is 2. The molecule has 1 saturated heterocycles. The number of aromatic nitrogens is 1. The summed E-state index contributed by atoms with van der Waals surface area (Å²) in [5.41, 5.74) is 7.36. The third-order valence-electron chi connectivity index (χ3n) is 4.39. The van der Waals surface area contributed by atoms with Gasteiger partial charge in [0.15, 0.2) is 0 Å². The van der Waals surface area contributed by atoms with Gasteiger partial charge in [-0.15, -0.1) is 48.6 Å². The predicted octanol–water partition coefficient (Wildman–Crippen LogP) is 2.41. The van der Waals surface area contributed by atoms with E-state index in [1.807, 2.05) is 0 Å². The van der Waals surface area contributed by atoms with E-state index in [4.69, 9.17) is 5.73 Å². The molecule has 10 heteroatoms. The average Bonchev–Trinajstić information content (AvgIpc) is 3.13. The van der Waals surface area contributed by atoms with Crippen LogP contribution >= 0.6 is 48.6 Å². The summed E-state index contributed by atoms with van der Waals surface area (Å²) in [7, 11) is 0. The van der Waals surface area contributed by atoms with Crippen LogP contribution in [0.1, 0.15) is 21.1 Å². The Kier molecular flexibility index (Phi) is 13.6. The molecular weight excluding hydrogens is 441 g/mol. The van der Waals surface area contributed by atoms with Crippen molar-refractivity contribution in [1.29, 1.82) is 0 Å². The fourth-order valence-corrected chi connectivity index (χ4v) is 3.59. The Labute approximate surface area is 189 Å². The van der Waals surface area contributed by atoms with Crippen LogP contribution in [0.15, 0.2) is 35.7 Å². The van der Waals surface area contributed by atoms with Gasteiger partial charge in [-0.2, -0.15) is 0 Å². The lowest BCUT2D eigenvalue weighted by molar-refractivity contribution is 0.0930. The number of rotatable bonds is 7. The van der Waals surface area contributed by atoms with Gasteiger partial charge in [0, 0.05) is 57.7 Å². The van der Waals surface area contributed by atoms with E-state index in [2.05, 4.69) is 50.4 Å². The number of amides is 1. The number of nitrogens with zero attached hydrogens (tertiary/aromatic N) is 3. The molecule has 6 nitrogen and oxygen atoms in total. The van der Waals surface area contributed by atoms with E-state index in [0.29, 0.717) is 18.8 Å². The minimum absolute atomic E-state index is 0. The normalized spacial score (nSPS) is 14.3. The van der Waals surface area contributed by atoms with Crippen molar-refractivity contribution in [2.24, 2.45) is 5.73 Å². The Bertz CT molecular complexity index is 681. The van der Waals surface area contributed by atoms with E-state index in [-0.39, 0.29) is 43.1 Å². The highest BCUT2D eigenvalue weighted by molar-refractivity contribution is 7.09. The fraction of sp³-hybridized carbons (Fsp3) is 0.444. The molecule has 1 fully saturated rings. The highest BCUT2D eigenvalue weighted by Gasteiger charge is 2.17. The van der Waals surface area contributed by atoms with Crippen molar-refractivity contribution in [2.45, 2.75) is 13.1 Å². The van der Waals surface area contributed by atoms with Gasteiger partial charge in [0.05, 0.1) is 0 Å². The van der Waals surface area contributed by atoms with Crippen molar-refractivity contribution in [2.75, 3.05) is 39.3 Å². The van der Waals surface area contributed by atoms with Crippen LogP contribution in [0.5, 0.6) is 0 Å². The molecule has 1 aromatic carbocycles. The molecule has 2 heterocycles. The van der Waals surface area contributed by atoms with Crippen LogP contribution in [-0.4, -0.2) is 60.0 Å². The van der Waals surface area contributed by atoms with Crippen LogP contribution in [0.2, 0.25) is 0 Å². The highest BCUT2D eigenvalue weighted by Crippen LogP contribution is 2.09. The molecule has 0 saturated carbocycles. The summed E-state index contributed by atoms with van der Waals surface area (Å²) in [4.78, 5) is 21.1. The molecule has 1 aliphatic rings. The van der Waals surface area contributed by atoms with Crippen molar-refractivity contribution in [3.05, 3.63) is 52.0 Å². The summed E-state index contributed by atoms with van der Waals surface area (Å²) in [6, 6.07) is 10.6. The largest absolute Gasteiger partial charge is 0.349 e. The number of hydrogen-bond acceptors (Lipinski definition) is 6. The number of nitrogens with two attached hydrogens (primary N) is 1. The topological polar surface area (TPSA) is 74.5 Å². The van der Waals surface area contributed by atoms with Crippen molar-refractivity contribution >= 4 is 54.5 Å². The third-order valence-corrected chi connectivity index (χ3v) is 5.26. The van der Waals surface area contributed by atoms with Crippen LogP contribution in [0.25, 0.3) is 0 Å². The van der Waals surface area contributed by atoms with Crippen LogP contribution < -0.4 is 11.1 Å². The maximum absolute atomic E-state index is 12.0. The number of carbonyl (C=O) groups excluding carboxylic acids is 1. The first-order chi connectivity index (χ1) is 12.2. The van der Waals surface area contributed by atoms with Crippen molar-refractivity contribution in [3.8, 4) is 0 Å². The van der Waals surface area contributed by atoms with E-state index in [1.54, 1.807) is 5.38 Å². The van der Waals surface area contributed by atoms with E-state index in [0.717, 1.165) is 44.3 Å². The van der Waals surface area contributed by atoms with Gasteiger partial charge in [0.2, 0.25) is 0 Å². The SMILES string of the molecule is Cl.Cl.Cl.NCc1nc(C(=O)NCCN2CCN(Cc3ccccc3)CC2)cs1. The summed E-state index contributed by atoms with van der Waals surface area (Å²) < 4.78 is 0. The fourth-order valence-electron chi connectivity index (χ4n) is 2.94. The van der Waals surface area contributed by atoms with Gasteiger partial charge >= 0.3 is 0 Å². The van der Waals surface area contributed by atoms with Gasteiger partial charge in [-0.05, 0) is 5.56 Å². The first-order valence-electron chi connectivity index (χ1n) is 8.66. The van der Waals surface area contributed by atoms with E-state index < -0.39 is 0 Å². The number of thiazole rings is 1. The van der Waals surface area contributed by atoms with Gasteiger partial charge in [0.1, 0.15) is 10.7 Å². The smallest absolute Gasteiger partial charge is 0.270 e. The Morgan fingerprint density at radius 2 is 1.71 bits per heavy atom. The predicted molar refractivity (Wildman–Crippen MR) is 122 cm³/mol. The lowest BCUT2D eigenvalue weighted by atomic mass is 10.2. The van der Waals surface area contributed by atoms with E-state index in [9.17, 15) is 4.79 Å². The molecule has 3 rings (SSSR count). The zero-order valence-electron chi connectivity index (χ0n) is 15.6. The molecular formula is C18H28Cl3N5OS. The monoisotopic (exact) mass is 467 g/mol. The van der Waals surface area contributed by atoms with Gasteiger partial charge in [-0.1, -0.05) is 30.3 Å². The molecule has 1 aliphatic heterocycles. The number of benzene rings is 1. The molecule has 158 valence electrons. The van der Waals surface area contributed by atoms with Gasteiger partial charge in [-0.3, -0.25) is 14.6 Å². The lowest BCUT2D eigenvalue weighted by Gasteiger charge is -2.34. The molecule has 2 aromatic rings. The minimum Gasteiger partial charge on any atom is -0.349 e. The van der Waals surface area contributed by atoms with Gasteiger partial charge in [-0.25, -0.2) is 4.98 Å². The maximum atomic E-state index is 12.0. The number of nitrogens with one attached hydrogen (secondary N) is 1. The molecule has 0 aliphatic carbocycles. The molecule has 1 aromatic heterocycles. The van der Waals surface area contributed by atoms with Crippen LogP contribution in [0.4, 0.5) is 0 Å². The second kappa shape index (κ2) is 14.1. The number of carbonyl (C=O) groups is 1. The van der Waals surface area contributed by atoms with Crippen LogP contribution in [-0.2, 0) is 13.1 Å². The Balaban J connectivity index is 0.00000243. The molecule has 0 spiro atoms. The van der Waals surface area contributed by atoms with Gasteiger partial charge < -0.3 is 11.1 Å². The van der Waals surface area contributed by atoms with Crippen LogP contribution in [0, 0.1) is 0 Å². The van der Waals surface area contributed by atoms with E-state index >= 15 is 0 Å². The molecule has 3 N–H and O–H groups in total. The second-order valence-corrected chi connectivity index (χ2v) is 7.13. The summed E-state index contributed by atoms with van der Waals surface area (Å²) in [6.45, 7) is 7.12. The second-order valence-electron chi connectivity index (χ2n) is 6.19. The Hall–Kier alpha value is -0.930. The third kappa shape index (κ3) is 8.21. The summed E-state index contributed by atoms with van der Waals surface area (Å²) in [5, 5.41) is 5.50. The maximum Gasteiger partial charge on any atom is 0.270 e. The first kappa shape index (κ1) is 27.1. The molecule has 0 bridgehead atoms. The van der Waals surface area contributed by atoms with Crippen molar-refractivity contribution < 1.29 is 4.79 Å². The summed E-state index contributed by atoms with van der Waals surface area (Å²) >= 11 is 1.43. The molecule has 0 radical (unpaired) electrons. The first-order valence-corrected chi connectivity index (χ1v) is 9.54. The molecule has 0 unspecified atom stereocenters. The Morgan fingerprint density at radius 3 is 2.32 bits per heavy atom. The molecule has 0 atom stereocenters. The molecule has 28 heavy (non-hydrogen) atoms. The van der Waals surface area contributed by atoms with Crippen LogP contribution in [0.3, 0.4) is 0 Å². The number of halogens is 3. The lowest BCUT2D eigenvalue weighted by Crippen LogP contribution is -2.48.